The molecule has 1 saturated carbocycles. The van der Waals surface area contributed by atoms with Gasteiger partial charge in [-0.05, 0) is 70.3 Å². The fourth-order valence-electron chi connectivity index (χ4n) is 4.22. The predicted octanol–water partition coefficient (Wildman–Crippen LogP) is 2.94. The minimum Gasteiger partial charge on any atom is -0.382 e. The molecule has 1 atom stereocenters. The van der Waals surface area contributed by atoms with Gasteiger partial charge in [0.2, 0.25) is 0 Å². The highest BCUT2D eigenvalue weighted by Crippen LogP contribution is 2.27. The van der Waals surface area contributed by atoms with Crippen molar-refractivity contribution in [1.82, 2.24) is 14.7 Å². The zero-order valence-corrected chi connectivity index (χ0v) is 18.8. The zero-order chi connectivity index (χ0) is 20.8. The van der Waals surface area contributed by atoms with Gasteiger partial charge in [0.05, 0.1) is 6.04 Å². The second-order valence-corrected chi connectivity index (χ2v) is 9.47. The van der Waals surface area contributed by atoms with Crippen LogP contribution in [0.15, 0.2) is 28.2 Å². The van der Waals surface area contributed by atoms with Gasteiger partial charge in [-0.3, -0.25) is 9.62 Å². The summed E-state index contributed by atoms with van der Waals surface area (Å²) in [7, 11) is 1.91. The summed E-state index contributed by atoms with van der Waals surface area (Å²) in [6, 6.07) is 7.54. The maximum atomic E-state index is 6.47. The standard InChI is InChI=1S/C21H37N7S/c1-15(2)27-12-11-17(14-27)28(23)26-21(22)19-13-18(29-24-3)9-10-20(19)25-16-7-5-4-6-8-16/h9-10,13,15-17,24-25H,4-8,11-12,14,23H2,1-3H3,(H2,22,26). The quantitative estimate of drug-likeness (QED) is 0.169. The van der Waals surface area contributed by atoms with Gasteiger partial charge in [-0.15, -0.1) is 5.10 Å². The molecule has 7 nitrogen and oxygen atoms in total. The van der Waals surface area contributed by atoms with Crippen molar-refractivity contribution in [3.05, 3.63) is 23.8 Å². The van der Waals surface area contributed by atoms with E-state index in [9.17, 15) is 0 Å². The van der Waals surface area contributed by atoms with Gasteiger partial charge in [0.15, 0.2) is 5.84 Å². The molecule has 0 bridgehead atoms. The first-order chi connectivity index (χ1) is 14.0. The predicted molar refractivity (Wildman–Crippen MR) is 124 cm³/mol. The highest BCUT2D eigenvalue weighted by molar-refractivity contribution is 7.97. The van der Waals surface area contributed by atoms with Crippen LogP contribution < -0.4 is 21.6 Å². The van der Waals surface area contributed by atoms with Gasteiger partial charge in [0.1, 0.15) is 0 Å². The van der Waals surface area contributed by atoms with Crippen LogP contribution in [-0.2, 0) is 0 Å². The number of anilines is 1. The highest BCUT2D eigenvalue weighted by atomic mass is 32.2. The van der Waals surface area contributed by atoms with Crippen LogP contribution >= 0.6 is 11.9 Å². The van der Waals surface area contributed by atoms with E-state index in [2.05, 4.69) is 52.1 Å². The van der Waals surface area contributed by atoms with Crippen LogP contribution in [0, 0.1) is 0 Å². The molecule has 2 aliphatic rings. The van der Waals surface area contributed by atoms with Crippen molar-refractivity contribution in [2.24, 2.45) is 16.7 Å². The summed E-state index contributed by atoms with van der Waals surface area (Å²) in [5, 5.41) is 9.86. The normalized spacial score (nSPS) is 21.7. The van der Waals surface area contributed by atoms with E-state index < -0.39 is 0 Å². The number of hydrazone groups is 1. The second-order valence-electron chi connectivity index (χ2n) is 8.39. The van der Waals surface area contributed by atoms with Gasteiger partial charge < -0.3 is 11.1 Å². The number of rotatable bonds is 8. The Morgan fingerprint density at radius 3 is 2.66 bits per heavy atom. The number of nitrogens with two attached hydrogens (primary N) is 2. The third-order valence-electron chi connectivity index (χ3n) is 5.97. The molecule has 1 unspecified atom stereocenters. The van der Waals surface area contributed by atoms with Crippen molar-refractivity contribution < 1.29 is 0 Å². The molecule has 1 aromatic carbocycles. The van der Waals surface area contributed by atoms with Crippen LogP contribution in [0.25, 0.3) is 0 Å². The number of amidine groups is 1. The molecule has 1 heterocycles. The molecule has 29 heavy (non-hydrogen) atoms. The van der Waals surface area contributed by atoms with E-state index >= 15 is 0 Å². The molecule has 0 aromatic heterocycles. The van der Waals surface area contributed by atoms with E-state index in [4.69, 9.17) is 11.6 Å². The summed E-state index contributed by atoms with van der Waals surface area (Å²) in [4.78, 5) is 3.53. The largest absolute Gasteiger partial charge is 0.382 e. The van der Waals surface area contributed by atoms with Gasteiger partial charge in [-0.1, -0.05) is 19.3 Å². The lowest BCUT2D eigenvalue weighted by Gasteiger charge is -2.26. The number of likely N-dealkylation sites (tertiary alicyclic amines) is 1. The number of nitrogens with one attached hydrogen (secondary N) is 2. The summed E-state index contributed by atoms with van der Waals surface area (Å²) in [5.74, 6) is 6.78. The summed E-state index contributed by atoms with van der Waals surface area (Å²) in [5.41, 5.74) is 8.44. The Bertz CT molecular complexity index is 688. The highest BCUT2D eigenvalue weighted by Gasteiger charge is 2.27. The van der Waals surface area contributed by atoms with Crippen LogP contribution in [-0.4, -0.2) is 54.1 Å². The summed E-state index contributed by atoms with van der Waals surface area (Å²) >= 11 is 1.57. The van der Waals surface area contributed by atoms with E-state index in [1.807, 2.05) is 7.05 Å². The van der Waals surface area contributed by atoms with Gasteiger partial charge in [0.25, 0.3) is 0 Å². The number of hydrogen-bond donors (Lipinski definition) is 4. The lowest BCUT2D eigenvalue weighted by molar-refractivity contribution is 0.192. The van der Waals surface area contributed by atoms with Crippen molar-refractivity contribution in [3.8, 4) is 0 Å². The van der Waals surface area contributed by atoms with E-state index in [-0.39, 0.29) is 6.04 Å². The Morgan fingerprint density at radius 2 is 2.00 bits per heavy atom. The maximum Gasteiger partial charge on any atom is 0.154 e. The fourth-order valence-corrected chi connectivity index (χ4v) is 4.77. The molecular weight excluding hydrogens is 382 g/mol. The average molecular weight is 420 g/mol. The topological polar surface area (TPSA) is 94.9 Å². The molecule has 1 aliphatic carbocycles. The van der Waals surface area contributed by atoms with Gasteiger partial charge >= 0.3 is 0 Å². The van der Waals surface area contributed by atoms with Crippen molar-refractivity contribution >= 4 is 23.5 Å². The van der Waals surface area contributed by atoms with E-state index in [0.717, 1.165) is 35.7 Å². The van der Waals surface area contributed by atoms with Crippen LogP contribution in [0.5, 0.6) is 0 Å². The Kier molecular flexibility index (Phi) is 8.06. The summed E-state index contributed by atoms with van der Waals surface area (Å²) in [6.45, 7) is 6.41. The Balaban J connectivity index is 1.78. The van der Waals surface area contributed by atoms with Crippen LogP contribution in [0.3, 0.4) is 0 Å². The Labute approximate surface area is 179 Å². The molecule has 6 N–H and O–H groups in total. The molecule has 1 aromatic rings. The van der Waals surface area contributed by atoms with E-state index in [1.54, 1.807) is 17.1 Å². The minimum absolute atomic E-state index is 0.195. The lowest BCUT2D eigenvalue weighted by atomic mass is 9.95. The molecule has 3 rings (SSSR count). The van der Waals surface area contributed by atoms with Gasteiger partial charge in [-0.25, -0.2) is 11.0 Å². The third kappa shape index (κ3) is 6.01. The number of benzene rings is 1. The van der Waals surface area contributed by atoms with Gasteiger partial charge in [-0.2, -0.15) is 0 Å². The lowest BCUT2D eigenvalue weighted by Crippen LogP contribution is -2.41. The summed E-state index contributed by atoms with van der Waals surface area (Å²) in [6.07, 6.45) is 7.33. The van der Waals surface area contributed by atoms with E-state index in [0.29, 0.717) is 17.9 Å². The number of hydrogen-bond acceptors (Lipinski definition) is 7. The maximum absolute atomic E-state index is 6.47. The third-order valence-corrected chi connectivity index (χ3v) is 6.67. The van der Waals surface area contributed by atoms with Gasteiger partial charge in [0, 0.05) is 41.3 Å². The molecule has 2 fully saturated rings. The number of hydrazine groups is 1. The molecule has 8 heteroatoms. The summed E-state index contributed by atoms with van der Waals surface area (Å²) < 4.78 is 3.13. The SMILES string of the molecule is CNSc1ccc(NC2CCCCC2)c(/C(N)=N/N(N)C2CCN(C(C)C)C2)c1. The minimum atomic E-state index is 0.195. The molecule has 1 aliphatic heterocycles. The van der Waals surface area contributed by atoms with Crippen LogP contribution in [0.2, 0.25) is 0 Å². The number of nitrogens with zero attached hydrogens (tertiary/aromatic N) is 3. The van der Waals surface area contributed by atoms with Crippen LogP contribution in [0.1, 0.15) is 57.9 Å². The van der Waals surface area contributed by atoms with Crippen molar-refractivity contribution in [1.29, 1.82) is 0 Å². The first-order valence-electron chi connectivity index (χ1n) is 10.8. The molecule has 1 saturated heterocycles. The van der Waals surface area contributed by atoms with Crippen molar-refractivity contribution in [2.75, 3.05) is 25.5 Å². The second kappa shape index (κ2) is 10.5. The van der Waals surface area contributed by atoms with E-state index in [1.165, 1.54) is 32.1 Å². The molecule has 162 valence electrons. The van der Waals surface area contributed by atoms with Crippen molar-refractivity contribution in [2.45, 2.75) is 75.4 Å². The molecule has 0 amide bonds. The fraction of sp³-hybridized carbons (Fsp3) is 0.667. The first-order valence-corrected chi connectivity index (χ1v) is 11.7. The molecular formula is C21H37N7S. The first kappa shape index (κ1) is 22.2. The van der Waals surface area contributed by atoms with Crippen LogP contribution in [0.4, 0.5) is 5.69 Å². The van der Waals surface area contributed by atoms with Crippen molar-refractivity contribution in [3.63, 3.8) is 0 Å². The molecule has 0 radical (unpaired) electrons. The monoisotopic (exact) mass is 419 g/mol. The Hall–Kier alpha value is -1.48. The Morgan fingerprint density at radius 1 is 1.24 bits per heavy atom. The smallest absolute Gasteiger partial charge is 0.154 e. The molecule has 0 spiro atoms. The zero-order valence-electron chi connectivity index (χ0n) is 18.0. The average Bonchev–Trinajstić information content (AvgIpc) is 3.21.